The first kappa shape index (κ1) is 22.2. The first-order valence-corrected chi connectivity index (χ1v) is 11.1. The summed E-state index contributed by atoms with van der Waals surface area (Å²) < 4.78 is 32.0. The van der Waals surface area contributed by atoms with Crippen LogP contribution in [0.1, 0.15) is 48.7 Å². The van der Waals surface area contributed by atoms with Gasteiger partial charge in [-0.1, -0.05) is 30.3 Å². The molecule has 0 spiro atoms. The van der Waals surface area contributed by atoms with E-state index in [1.165, 1.54) is 17.4 Å². The van der Waals surface area contributed by atoms with Gasteiger partial charge in [0.05, 0.1) is 5.69 Å². The Hall–Kier alpha value is -2.98. The second-order valence-electron chi connectivity index (χ2n) is 7.69. The highest BCUT2D eigenvalue weighted by molar-refractivity contribution is 7.13. The molecule has 7 nitrogen and oxygen atoms in total. The van der Waals surface area contributed by atoms with Gasteiger partial charge in [0.25, 0.3) is 0 Å². The number of aliphatic hydroxyl groups is 1. The van der Waals surface area contributed by atoms with Gasteiger partial charge in [-0.2, -0.15) is 0 Å². The number of aromatic nitrogens is 3. The van der Waals surface area contributed by atoms with E-state index in [0.29, 0.717) is 10.6 Å². The molecule has 0 saturated heterocycles. The number of aryl methyl sites for hydroxylation is 1. The van der Waals surface area contributed by atoms with Crippen LogP contribution in [0.3, 0.4) is 0 Å². The molecule has 1 amide bonds. The van der Waals surface area contributed by atoms with E-state index in [1.807, 2.05) is 18.4 Å². The van der Waals surface area contributed by atoms with Crippen LogP contribution < -0.4 is 5.32 Å². The molecule has 1 aliphatic carbocycles. The Labute approximate surface area is 187 Å². The maximum absolute atomic E-state index is 13.3. The maximum atomic E-state index is 13.3. The number of rotatable bonds is 5. The molecular weight excluding hydrogens is 438 g/mol. The zero-order valence-electron chi connectivity index (χ0n) is 17.3. The van der Waals surface area contributed by atoms with Crippen LogP contribution in [0.4, 0.5) is 19.4 Å². The minimum atomic E-state index is -2.70. The fourth-order valence-electron chi connectivity index (χ4n) is 3.45. The third-order valence-electron chi connectivity index (χ3n) is 5.12. The Morgan fingerprint density at radius 1 is 1.22 bits per heavy atom. The first-order valence-electron chi connectivity index (χ1n) is 10.2. The molecule has 1 aromatic carbocycles. The number of alkyl halides is 2. The number of carbonyl (C=O) groups is 1. The lowest BCUT2D eigenvalue weighted by molar-refractivity contribution is -0.0642. The summed E-state index contributed by atoms with van der Waals surface area (Å²) in [6.07, 6.45) is -2.82. The van der Waals surface area contributed by atoms with E-state index in [9.17, 15) is 18.7 Å². The van der Waals surface area contributed by atoms with Crippen LogP contribution in [0.15, 0.2) is 41.8 Å². The zero-order valence-corrected chi connectivity index (χ0v) is 18.1. The van der Waals surface area contributed by atoms with Crippen molar-refractivity contribution >= 4 is 23.2 Å². The summed E-state index contributed by atoms with van der Waals surface area (Å²) in [5.41, 5.74) is 1.71. The molecule has 0 bridgehead atoms. The fourth-order valence-corrected chi connectivity index (χ4v) is 4.17. The summed E-state index contributed by atoms with van der Waals surface area (Å²) >= 11 is 1.34. The lowest BCUT2D eigenvalue weighted by Crippen LogP contribution is -2.32. The molecule has 168 valence electrons. The van der Waals surface area contributed by atoms with Crippen molar-refractivity contribution in [3.63, 3.8) is 0 Å². The van der Waals surface area contributed by atoms with E-state index in [-0.39, 0.29) is 43.0 Å². The number of anilines is 1. The van der Waals surface area contributed by atoms with E-state index in [2.05, 4.69) is 20.3 Å². The predicted molar refractivity (Wildman–Crippen MR) is 116 cm³/mol. The van der Waals surface area contributed by atoms with Crippen LogP contribution in [0.5, 0.6) is 0 Å². The molecule has 1 fully saturated rings. The van der Waals surface area contributed by atoms with Crippen LogP contribution in [-0.2, 0) is 4.74 Å². The van der Waals surface area contributed by atoms with Crippen LogP contribution >= 0.6 is 11.3 Å². The van der Waals surface area contributed by atoms with Crippen molar-refractivity contribution in [2.45, 2.75) is 50.7 Å². The fraction of sp³-hybridized carbons (Fsp3) is 0.364. The van der Waals surface area contributed by atoms with Crippen molar-refractivity contribution in [2.75, 3.05) is 5.32 Å². The van der Waals surface area contributed by atoms with Crippen LogP contribution in [-0.4, -0.2) is 38.2 Å². The SMILES string of the molecule is Cc1csc(-c2nc(NC(=O)OC3CCC(F)(F)CC3)cc(C(O)c3ccccc3)n2)n1. The Morgan fingerprint density at radius 2 is 1.94 bits per heavy atom. The number of thiazole rings is 1. The number of halogens is 2. The summed E-state index contributed by atoms with van der Waals surface area (Å²) in [6, 6.07) is 10.4. The number of benzene rings is 1. The number of nitrogens with one attached hydrogen (secondary N) is 1. The van der Waals surface area contributed by atoms with Crippen molar-refractivity contribution in [3.05, 3.63) is 58.7 Å². The Morgan fingerprint density at radius 3 is 2.59 bits per heavy atom. The van der Waals surface area contributed by atoms with Gasteiger partial charge in [-0.3, -0.25) is 5.32 Å². The highest BCUT2D eigenvalue weighted by atomic mass is 32.1. The van der Waals surface area contributed by atoms with Gasteiger partial charge in [0.1, 0.15) is 18.0 Å². The third-order valence-corrected chi connectivity index (χ3v) is 6.08. The van der Waals surface area contributed by atoms with Gasteiger partial charge < -0.3 is 9.84 Å². The standard InChI is InChI=1S/C22H22F2N4O3S/c1-13-12-32-20(25-13)19-26-16(18(29)14-5-3-2-4-6-14)11-17(27-19)28-21(30)31-15-7-9-22(23,24)10-8-15/h2-6,11-12,15,18,29H,7-10H2,1H3,(H,26,27,28,30). The number of hydrogen-bond donors (Lipinski definition) is 2. The Bertz CT molecular complexity index is 1080. The maximum Gasteiger partial charge on any atom is 0.413 e. The monoisotopic (exact) mass is 460 g/mol. The van der Waals surface area contributed by atoms with Crippen molar-refractivity contribution in [3.8, 4) is 10.8 Å². The van der Waals surface area contributed by atoms with Crippen molar-refractivity contribution < 1.29 is 23.4 Å². The van der Waals surface area contributed by atoms with Crippen molar-refractivity contribution in [1.29, 1.82) is 0 Å². The van der Waals surface area contributed by atoms with E-state index < -0.39 is 24.2 Å². The van der Waals surface area contributed by atoms with Gasteiger partial charge in [0.2, 0.25) is 5.92 Å². The summed E-state index contributed by atoms with van der Waals surface area (Å²) in [7, 11) is 0. The second-order valence-corrected chi connectivity index (χ2v) is 8.55. The van der Waals surface area contributed by atoms with Gasteiger partial charge in [-0.05, 0) is 25.3 Å². The molecule has 0 radical (unpaired) electrons. The van der Waals surface area contributed by atoms with E-state index in [4.69, 9.17) is 4.74 Å². The van der Waals surface area contributed by atoms with Crippen LogP contribution in [0, 0.1) is 6.92 Å². The molecular formula is C22H22F2N4O3S. The summed E-state index contributed by atoms with van der Waals surface area (Å²) in [5.74, 6) is -2.33. The van der Waals surface area contributed by atoms with Gasteiger partial charge in [-0.15, -0.1) is 11.3 Å². The summed E-state index contributed by atoms with van der Waals surface area (Å²) in [4.78, 5) is 25.6. The molecule has 1 aliphatic rings. The van der Waals surface area contributed by atoms with Crippen molar-refractivity contribution in [1.82, 2.24) is 15.0 Å². The smallest absolute Gasteiger partial charge is 0.413 e. The number of aliphatic hydroxyl groups excluding tert-OH is 1. The number of nitrogens with zero attached hydrogens (tertiary/aromatic N) is 3. The molecule has 32 heavy (non-hydrogen) atoms. The van der Waals surface area contributed by atoms with Crippen LogP contribution in [0.25, 0.3) is 10.8 Å². The Kier molecular flexibility index (Phi) is 6.43. The first-order chi connectivity index (χ1) is 15.3. The average molecular weight is 461 g/mol. The molecule has 4 rings (SSSR count). The molecule has 1 saturated carbocycles. The molecule has 1 unspecified atom stereocenters. The molecule has 3 aromatic rings. The Balaban J connectivity index is 1.56. The molecule has 2 heterocycles. The highest BCUT2D eigenvalue weighted by Gasteiger charge is 2.36. The molecule has 1 atom stereocenters. The van der Waals surface area contributed by atoms with E-state index in [1.54, 1.807) is 24.3 Å². The largest absolute Gasteiger partial charge is 0.446 e. The van der Waals surface area contributed by atoms with Gasteiger partial charge in [0.15, 0.2) is 10.8 Å². The molecule has 10 heteroatoms. The lowest BCUT2D eigenvalue weighted by Gasteiger charge is -2.27. The molecule has 2 aromatic heterocycles. The third kappa shape index (κ3) is 5.43. The quantitative estimate of drug-likeness (QED) is 0.549. The molecule has 2 N–H and O–H groups in total. The second kappa shape index (κ2) is 9.25. The highest BCUT2D eigenvalue weighted by Crippen LogP contribution is 2.34. The summed E-state index contributed by atoms with van der Waals surface area (Å²) in [6.45, 7) is 1.84. The zero-order chi connectivity index (χ0) is 22.7. The minimum Gasteiger partial charge on any atom is -0.446 e. The lowest BCUT2D eigenvalue weighted by atomic mass is 9.94. The average Bonchev–Trinajstić information content (AvgIpc) is 3.21. The topological polar surface area (TPSA) is 97.2 Å². The van der Waals surface area contributed by atoms with Crippen LogP contribution in [0.2, 0.25) is 0 Å². The molecule has 0 aliphatic heterocycles. The van der Waals surface area contributed by atoms with E-state index in [0.717, 1.165) is 5.69 Å². The van der Waals surface area contributed by atoms with E-state index >= 15 is 0 Å². The predicted octanol–water partition coefficient (Wildman–Crippen LogP) is 5.12. The minimum absolute atomic E-state index is 0.103. The van der Waals surface area contributed by atoms with Gasteiger partial charge in [-0.25, -0.2) is 28.5 Å². The van der Waals surface area contributed by atoms with Crippen molar-refractivity contribution in [2.24, 2.45) is 0 Å². The summed E-state index contributed by atoms with van der Waals surface area (Å²) in [5, 5.41) is 15.7. The number of hydrogen-bond acceptors (Lipinski definition) is 7. The van der Waals surface area contributed by atoms with Gasteiger partial charge in [0, 0.05) is 30.0 Å². The van der Waals surface area contributed by atoms with Gasteiger partial charge >= 0.3 is 6.09 Å². The number of amides is 1. The normalized spacial score (nSPS) is 17.0. The number of carbonyl (C=O) groups excluding carboxylic acids is 1. The number of ether oxygens (including phenoxy) is 1.